The Labute approximate surface area is 230 Å². The maximum absolute atomic E-state index is 12.9. The molecule has 0 unspecified atom stereocenters. The molecule has 0 aliphatic carbocycles. The number of nitrogens with zero attached hydrogens (tertiary/aromatic N) is 6. The van der Waals surface area contributed by atoms with Crippen molar-refractivity contribution in [2.45, 2.75) is 19.6 Å². The van der Waals surface area contributed by atoms with Gasteiger partial charge in [-0.2, -0.15) is 0 Å². The van der Waals surface area contributed by atoms with Crippen LogP contribution < -0.4 is 26.1 Å². The maximum Gasteiger partial charge on any atom is 0.278 e. The van der Waals surface area contributed by atoms with E-state index in [0.29, 0.717) is 22.6 Å². The Kier molecular flexibility index (Phi) is 10.5. The quantitative estimate of drug-likeness (QED) is 0.261. The van der Waals surface area contributed by atoms with E-state index in [2.05, 4.69) is 26.9 Å². The Bertz CT molecular complexity index is 1340. The predicted molar refractivity (Wildman–Crippen MR) is 145 cm³/mol. The van der Waals surface area contributed by atoms with Crippen LogP contribution in [-0.2, 0) is 29.2 Å². The Balaban J connectivity index is 0.00000247. The molecule has 3 rings (SSSR count). The predicted octanol–water partition coefficient (Wildman–Crippen LogP) is 0.507. The van der Waals surface area contributed by atoms with Gasteiger partial charge in [-0.05, 0) is 12.1 Å². The number of hydrogen-bond donors (Lipinski definition) is 3. The van der Waals surface area contributed by atoms with Gasteiger partial charge in [0.05, 0.1) is 7.11 Å². The summed E-state index contributed by atoms with van der Waals surface area (Å²) in [6.45, 7) is -0.138. The Hall–Kier alpha value is -3.84. The largest absolute Gasteiger partial charge is 0.497 e. The fourth-order valence-corrected chi connectivity index (χ4v) is 3.57. The monoisotopic (exact) mass is 568 g/mol. The summed E-state index contributed by atoms with van der Waals surface area (Å²) >= 11 is 10.6. The van der Waals surface area contributed by atoms with Gasteiger partial charge in [0.15, 0.2) is 46.6 Å². The number of aromatic nitrogens is 4. The minimum Gasteiger partial charge on any atom is -0.497 e. The molecule has 0 bridgehead atoms. The van der Waals surface area contributed by atoms with E-state index in [1.165, 1.54) is 23.3 Å². The number of carbonyl (C=O) groups is 3. The SMILES string of the molecule is CCl.COc1ccc2c(c1)n(CC(=O)N(C)C)c(CNC(=O)c1nc(Cl)c(N)nc1N)[n+]2CC(=O)N(C)C. The van der Waals surface area contributed by atoms with E-state index < -0.39 is 5.91 Å². The fourth-order valence-electron chi connectivity index (χ4n) is 3.45. The molecular formula is C23H32Cl2N9O4+. The van der Waals surface area contributed by atoms with Gasteiger partial charge in [-0.15, -0.1) is 11.6 Å². The third kappa shape index (κ3) is 6.72. The molecule has 0 aliphatic heterocycles. The first-order valence-electron chi connectivity index (χ1n) is 11.2. The van der Waals surface area contributed by atoms with E-state index in [4.69, 9.17) is 27.8 Å². The number of alkyl halides is 1. The van der Waals surface area contributed by atoms with Crippen LogP contribution in [0, 0.1) is 0 Å². The molecule has 0 radical (unpaired) electrons. The third-order valence-electron chi connectivity index (χ3n) is 5.50. The Morgan fingerprint density at radius 1 is 1.05 bits per heavy atom. The zero-order valence-corrected chi connectivity index (χ0v) is 23.6. The molecule has 0 aliphatic rings. The highest BCUT2D eigenvalue weighted by Gasteiger charge is 2.30. The van der Waals surface area contributed by atoms with Gasteiger partial charge in [0.2, 0.25) is 0 Å². The molecule has 15 heteroatoms. The second-order valence-corrected chi connectivity index (χ2v) is 8.69. The number of anilines is 2. The number of halogens is 2. The zero-order valence-electron chi connectivity index (χ0n) is 22.1. The number of methoxy groups -OCH3 is 1. The number of benzene rings is 1. The summed E-state index contributed by atoms with van der Waals surface area (Å²) in [7, 11) is 8.12. The van der Waals surface area contributed by atoms with Gasteiger partial charge in [0.25, 0.3) is 23.5 Å². The van der Waals surface area contributed by atoms with Crippen molar-refractivity contribution in [3.05, 3.63) is 34.9 Å². The highest BCUT2D eigenvalue weighted by Crippen LogP contribution is 2.22. The van der Waals surface area contributed by atoms with Crippen molar-refractivity contribution in [3.63, 3.8) is 0 Å². The number of nitrogens with two attached hydrogens (primary N) is 2. The lowest BCUT2D eigenvalue weighted by molar-refractivity contribution is -0.668. The van der Waals surface area contributed by atoms with Crippen molar-refractivity contribution in [1.82, 2.24) is 29.7 Å². The number of likely N-dealkylation sites (N-methyl/N-ethyl adjacent to an activating group) is 2. The minimum atomic E-state index is -0.652. The van der Waals surface area contributed by atoms with Crippen LogP contribution in [0.15, 0.2) is 18.2 Å². The first kappa shape index (κ1) is 30.4. The molecule has 0 saturated heterocycles. The Morgan fingerprint density at radius 3 is 2.26 bits per heavy atom. The number of carbonyl (C=O) groups excluding carboxylic acids is 3. The minimum absolute atomic E-state index is 0.0279. The molecular weight excluding hydrogens is 537 g/mol. The number of nitrogens with one attached hydrogen (secondary N) is 1. The zero-order chi connectivity index (χ0) is 28.7. The number of amides is 3. The van der Waals surface area contributed by atoms with Crippen molar-refractivity contribution < 1.29 is 23.7 Å². The van der Waals surface area contributed by atoms with E-state index in [1.54, 1.807) is 55.5 Å². The van der Waals surface area contributed by atoms with Crippen LogP contribution in [0.2, 0.25) is 5.15 Å². The molecule has 5 N–H and O–H groups in total. The average molecular weight is 569 g/mol. The lowest BCUT2D eigenvalue weighted by Crippen LogP contribution is -2.47. The van der Waals surface area contributed by atoms with Crippen molar-refractivity contribution in [1.29, 1.82) is 0 Å². The van der Waals surface area contributed by atoms with Crippen molar-refractivity contribution in [3.8, 4) is 5.75 Å². The molecule has 206 valence electrons. The van der Waals surface area contributed by atoms with Crippen LogP contribution in [0.4, 0.5) is 11.6 Å². The highest BCUT2D eigenvalue weighted by atomic mass is 35.5. The number of ether oxygens (including phenoxy) is 1. The van der Waals surface area contributed by atoms with Gasteiger partial charge < -0.3 is 31.3 Å². The second kappa shape index (κ2) is 13.1. The standard InChI is InChI=1S/C22H28ClN9O4.CH3Cl/c1-29(2)16(33)10-31-13-7-6-12(36-5)8-14(13)32(11-17(34)30(3)4)15(31)9-26-22(35)18-20(24)28-21(25)19(23)27-18;1-2/h6-8H,9-11H2,1-5H3,(H4-,24,25,26,28,35);1H3/p+1. The molecule has 0 fully saturated rings. The number of rotatable bonds is 8. The lowest BCUT2D eigenvalue weighted by atomic mass is 10.3. The molecule has 38 heavy (non-hydrogen) atoms. The topological polar surface area (TPSA) is 166 Å². The third-order valence-corrected chi connectivity index (χ3v) is 5.78. The molecule has 3 amide bonds. The van der Waals surface area contributed by atoms with Gasteiger partial charge in [-0.25, -0.2) is 19.1 Å². The summed E-state index contributed by atoms with van der Waals surface area (Å²) in [6, 6.07) is 5.32. The second-order valence-electron chi connectivity index (χ2n) is 8.34. The summed E-state index contributed by atoms with van der Waals surface area (Å²) in [5, 5.41) is 2.58. The first-order valence-corrected chi connectivity index (χ1v) is 12.3. The molecule has 2 aromatic heterocycles. The lowest BCUT2D eigenvalue weighted by Gasteiger charge is -2.12. The van der Waals surface area contributed by atoms with E-state index in [0.717, 1.165) is 0 Å². The van der Waals surface area contributed by atoms with Crippen LogP contribution in [0.1, 0.15) is 16.3 Å². The number of hydrogen-bond acceptors (Lipinski definition) is 8. The van der Waals surface area contributed by atoms with Crippen molar-refractivity contribution >= 4 is 63.6 Å². The molecule has 0 spiro atoms. The van der Waals surface area contributed by atoms with Gasteiger partial charge in [-0.3, -0.25) is 14.4 Å². The van der Waals surface area contributed by atoms with Crippen molar-refractivity contribution in [2.24, 2.45) is 0 Å². The number of fused-ring (bicyclic) bond motifs is 1. The molecule has 0 saturated carbocycles. The van der Waals surface area contributed by atoms with Crippen molar-refractivity contribution in [2.75, 3.05) is 53.2 Å². The average Bonchev–Trinajstić information content (AvgIpc) is 3.16. The van der Waals surface area contributed by atoms with E-state index >= 15 is 0 Å². The summed E-state index contributed by atoms with van der Waals surface area (Å²) in [5.74, 6) is -0.235. The molecule has 0 atom stereocenters. The maximum atomic E-state index is 12.9. The van der Waals surface area contributed by atoms with Gasteiger partial charge >= 0.3 is 0 Å². The summed E-state index contributed by atoms with van der Waals surface area (Å²) < 4.78 is 8.85. The van der Waals surface area contributed by atoms with Crippen LogP contribution in [-0.4, -0.2) is 83.7 Å². The van der Waals surface area contributed by atoms with Gasteiger partial charge in [0, 0.05) is 40.6 Å². The van der Waals surface area contributed by atoms with E-state index in [-0.39, 0.29) is 53.9 Å². The number of imidazole rings is 1. The summed E-state index contributed by atoms with van der Waals surface area (Å²) in [5.41, 5.74) is 12.5. The van der Waals surface area contributed by atoms with E-state index in [1.807, 2.05) is 0 Å². The summed E-state index contributed by atoms with van der Waals surface area (Å²) in [4.78, 5) is 49.0. The van der Waals surface area contributed by atoms with Crippen LogP contribution in [0.3, 0.4) is 0 Å². The Morgan fingerprint density at radius 2 is 1.68 bits per heavy atom. The van der Waals surface area contributed by atoms with Crippen LogP contribution in [0.25, 0.3) is 11.0 Å². The molecule has 1 aromatic carbocycles. The highest BCUT2D eigenvalue weighted by molar-refractivity contribution is 6.31. The molecule has 2 heterocycles. The number of nitrogen functional groups attached to an aromatic ring is 2. The van der Waals surface area contributed by atoms with Gasteiger partial charge in [-0.1, -0.05) is 11.6 Å². The molecule has 13 nitrogen and oxygen atoms in total. The van der Waals surface area contributed by atoms with Crippen LogP contribution in [0.5, 0.6) is 5.75 Å². The van der Waals surface area contributed by atoms with Crippen LogP contribution >= 0.6 is 23.2 Å². The fraction of sp³-hybridized carbons (Fsp3) is 0.391. The van der Waals surface area contributed by atoms with Gasteiger partial charge in [0.1, 0.15) is 12.3 Å². The van der Waals surface area contributed by atoms with E-state index in [9.17, 15) is 14.4 Å². The molecule has 3 aromatic rings. The first-order chi connectivity index (χ1) is 17.9. The smallest absolute Gasteiger partial charge is 0.278 e. The summed E-state index contributed by atoms with van der Waals surface area (Å²) in [6.07, 6.45) is 1.47. The normalized spacial score (nSPS) is 10.4.